The first-order chi connectivity index (χ1) is 9.50. The van der Waals surface area contributed by atoms with Crippen molar-refractivity contribution in [3.05, 3.63) is 46.2 Å². The molecule has 0 radical (unpaired) electrons. The number of benzene rings is 1. The molecule has 0 amide bonds. The molecule has 1 heterocycles. The van der Waals surface area contributed by atoms with Crippen LogP contribution in [0.15, 0.2) is 40.6 Å². The van der Waals surface area contributed by atoms with Crippen LogP contribution in [-0.4, -0.2) is 20.1 Å². The SMILES string of the molecule is CCN(c1ccc(C)cc1)S(=O)(=O)c1ccsc1CO. The fourth-order valence-corrected chi connectivity index (χ4v) is 4.74. The van der Waals surface area contributed by atoms with Gasteiger partial charge in [-0.15, -0.1) is 11.3 Å². The van der Waals surface area contributed by atoms with E-state index in [-0.39, 0.29) is 11.5 Å². The monoisotopic (exact) mass is 311 g/mol. The third kappa shape index (κ3) is 2.72. The van der Waals surface area contributed by atoms with Gasteiger partial charge in [-0.25, -0.2) is 8.42 Å². The molecule has 0 spiro atoms. The van der Waals surface area contributed by atoms with Crippen LogP contribution in [0.2, 0.25) is 0 Å². The van der Waals surface area contributed by atoms with E-state index in [4.69, 9.17) is 0 Å². The van der Waals surface area contributed by atoms with Gasteiger partial charge in [0.25, 0.3) is 10.0 Å². The Bertz CT molecular complexity index is 675. The fourth-order valence-electron chi connectivity index (χ4n) is 2.00. The lowest BCUT2D eigenvalue weighted by atomic mass is 10.2. The molecule has 20 heavy (non-hydrogen) atoms. The number of nitrogens with zero attached hydrogens (tertiary/aromatic N) is 1. The highest BCUT2D eigenvalue weighted by molar-refractivity contribution is 7.93. The van der Waals surface area contributed by atoms with Gasteiger partial charge in [-0.1, -0.05) is 17.7 Å². The molecule has 2 aromatic rings. The van der Waals surface area contributed by atoms with Gasteiger partial charge in [0.1, 0.15) is 4.90 Å². The summed E-state index contributed by atoms with van der Waals surface area (Å²) in [6.07, 6.45) is 0. The summed E-state index contributed by atoms with van der Waals surface area (Å²) in [6.45, 7) is 3.82. The predicted molar refractivity (Wildman–Crippen MR) is 81.6 cm³/mol. The van der Waals surface area contributed by atoms with Gasteiger partial charge in [-0.2, -0.15) is 0 Å². The van der Waals surface area contributed by atoms with E-state index in [2.05, 4.69) is 0 Å². The Labute approximate surface area is 123 Å². The smallest absolute Gasteiger partial charge is 0.265 e. The summed E-state index contributed by atoms with van der Waals surface area (Å²) < 4.78 is 26.8. The second-order valence-corrected chi connectivity index (χ2v) is 7.20. The highest BCUT2D eigenvalue weighted by Gasteiger charge is 2.26. The van der Waals surface area contributed by atoms with E-state index < -0.39 is 10.0 Å². The Morgan fingerprint density at radius 3 is 2.40 bits per heavy atom. The second-order valence-electron chi connectivity index (χ2n) is 4.37. The molecule has 0 aliphatic rings. The van der Waals surface area contributed by atoms with E-state index >= 15 is 0 Å². The highest BCUT2D eigenvalue weighted by Crippen LogP contribution is 2.28. The van der Waals surface area contributed by atoms with Gasteiger partial charge in [0.05, 0.1) is 17.2 Å². The topological polar surface area (TPSA) is 57.6 Å². The molecule has 1 aromatic heterocycles. The van der Waals surface area contributed by atoms with Crippen LogP contribution in [0.5, 0.6) is 0 Å². The zero-order chi connectivity index (χ0) is 14.8. The molecule has 0 aliphatic carbocycles. The molecule has 0 bridgehead atoms. The number of anilines is 1. The van der Waals surface area contributed by atoms with Crippen LogP contribution in [0.1, 0.15) is 17.4 Å². The van der Waals surface area contributed by atoms with Gasteiger partial charge in [0.15, 0.2) is 0 Å². The Balaban J connectivity index is 2.48. The van der Waals surface area contributed by atoms with Crippen molar-refractivity contribution < 1.29 is 13.5 Å². The lowest BCUT2D eigenvalue weighted by Gasteiger charge is -2.23. The molecule has 0 atom stereocenters. The van der Waals surface area contributed by atoms with Crippen molar-refractivity contribution in [2.45, 2.75) is 25.3 Å². The van der Waals surface area contributed by atoms with Crippen LogP contribution in [-0.2, 0) is 16.6 Å². The standard InChI is InChI=1S/C14H17NO3S2/c1-3-15(12-6-4-11(2)5-7-12)20(17,18)14-8-9-19-13(14)10-16/h4-9,16H,3,10H2,1-2H3. The third-order valence-corrected chi connectivity index (χ3v) is 6.05. The summed E-state index contributed by atoms with van der Waals surface area (Å²) in [7, 11) is -3.63. The first kappa shape index (κ1) is 15.0. The largest absolute Gasteiger partial charge is 0.391 e. The Morgan fingerprint density at radius 1 is 1.20 bits per heavy atom. The molecule has 0 saturated heterocycles. The Morgan fingerprint density at radius 2 is 1.85 bits per heavy atom. The third-order valence-electron chi connectivity index (χ3n) is 3.03. The van der Waals surface area contributed by atoms with E-state index in [1.807, 2.05) is 19.1 Å². The minimum absolute atomic E-state index is 0.187. The summed E-state index contributed by atoms with van der Waals surface area (Å²) >= 11 is 1.25. The Kier molecular flexibility index (Phi) is 4.47. The predicted octanol–water partition coefficient (Wildman–Crippen LogP) is 2.76. The van der Waals surface area contributed by atoms with Crippen LogP contribution in [0.3, 0.4) is 0 Å². The van der Waals surface area contributed by atoms with Crippen molar-refractivity contribution in [3.8, 4) is 0 Å². The minimum atomic E-state index is -3.63. The summed E-state index contributed by atoms with van der Waals surface area (Å²) in [6, 6.07) is 8.90. The van der Waals surface area contributed by atoms with Gasteiger partial charge in [0.2, 0.25) is 0 Å². The lowest BCUT2D eigenvalue weighted by Crippen LogP contribution is -2.31. The van der Waals surface area contributed by atoms with Crippen molar-refractivity contribution >= 4 is 27.0 Å². The minimum Gasteiger partial charge on any atom is -0.391 e. The van der Waals surface area contributed by atoms with E-state index in [9.17, 15) is 13.5 Å². The van der Waals surface area contributed by atoms with Crippen molar-refractivity contribution in [2.24, 2.45) is 0 Å². The first-order valence-corrected chi connectivity index (χ1v) is 8.59. The number of hydrogen-bond acceptors (Lipinski definition) is 4. The van der Waals surface area contributed by atoms with Gasteiger partial charge in [-0.05, 0) is 37.4 Å². The van der Waals surface area contributed by atoms with Crippen molar-refractivity contribution in [1.82, 2.24) is 0 Å². The molecule has 108 valence electrons. The molecule has 4 nitrogen and oxygen atoms in total. The van der Waals surface area contributed by atoms with Crippen LogP contribution in [0, 0.1) is 6.92 Å². The van der Waals surface area contributed by atoms with E-state index in [1.54, 1.807) is 30.5 Å². The van der Waals surface area contributed by atoms with E-state index in [0.717, 1.165) is 5.56 Å². The summed E-state index contributed by atoms with van der Waals surface area (Å²) in [4.78, 5) is 0.656. The molecule has 1 N–H and O–H groups in total. The van der Waals surface area contributed by atoms with Gasteiger partial charge >= 0.3 is 0 Å². The number of rotatable bonds is 5. The molecule has 0 saturated carbocycles. The maximum atomic E-state index is 12.7. The van der Waals surface area contributed by atoms with Crippen LogP contribution < -0.4 is 4.31 Å². The maximum absolute atomic E-state index is 12.7. The van der Waals surface area contributed by atoms with Crippen molar-refractivity contribution in [2.75, 3.05) is 10.8 Å². The average molecular weight is 311 g/mol. The number of sulfonamides is 1. The summed E-state index contributed by atoms with van der Waals surface area (Å²) in [5.41, 5.74) is 1.71. The quantitative estimate of drug-likeness (QED) is 0.923. The fraction of sp³-hybridized carbons (Fsp3) is 0.286. The van der Waals surface area contributed by atoms with Crippen molar-refractivity contribution in [1.29, 1.82) is 0 Å². The zero-order valence-electron chi connectivity index (χ0n) is 11.4. The lowest BCUT2D eigenvalue weighted by molar-refractivity contribution is 0.282. The van der Waals surface area contributed by atoms with Crippen molar-refractivity contribution in [3.63, 3.8) is 0 Å². The summed E-state index contributed by atoms with van der Waals surface area (Å²) in [5.74, 6) is 0. The molecular weight excluding hydrogens is 294 g/mol. The number of hydrogen-bond donors (Lipinski definition) is 1. The first-order valence-electron chi connectivity index (χ1n) is 6.27. The number of thiophene rings is 1. The second kappa shape index (κ2) is 5.95. The van der Waals surface area contributed by atoms with E-state index in [1.165, 1.54) is 15.6 Å². The molecule has 0 fully saturated rings. The van der Waals surface area contributed by atoms with Gasteiger partial charge in [-0.3, -0.25) is 4.31 Å². The Hall–Kier alpha value is -1.37. The van der Waals surface area contributed by atoms with Gasteiger partial charge < -0.3 is 5.11 Å². The van der Waals surface area contributed by atoms with E-state index in [0.29, 0.717) is 17.1 Å². The molecule has 1 aromatic carbocycles. The van der Waals surface area contributed by atoms with Crippen LogP contribution in [0.4, 0.5) is 5.69 Å². The number of aryl methyl sites for hydroxylation is 1. The average Bonchev–Trinajstić information content (AvgIpc) is 2.90. The molecular formula is C14H17NO3S2. The van der Waals surface area contributed by atoms with Crippen LogP contribution >= 0.6 is 11.3 Å². The number of aliphatic hydroxyl groups excluding tert-OH is 1. The molecule has 0 aliphatic heterocycles. The summed E-state index contributed by atoms with van der Waals surface area (Å²) in [5, 5.41) is 10.9. The molecule has 6 heteroatoms. The van der Waals surface area contributed by atoms with Gasteiger partial charge in [0, 0.05) is 6.54 Å². The van der Waals surface area contributed by atoms with Crippen LogP contribution in [0.25, 0.3) is 0 Å². The highest BCUT2D eigenvalue weighted by atomic mass is 32.2. The maximum Gasteiger partial charge on any atom is 0.265 e. The molecule has 0 unspecified atom stereocenters. The zero-order valence-corrected chi connectivity index (χ0v) is 13.0. The normalized spacial score (nSPS) is 11.6. The molecule has 2 rings (SSSR count). The number of aliphatic hydroxyl groups is 1.